The van der Waals surface area contributed by atoms with E-state index in [1.807, 2.05) is 22.6 Å². The number of aryl methyl sites for hydroxylation is 2. The Morgan fingerprint density at radius 2 is 1.67 bits per heavy atom. The first-order chi connectivity index (χ1) is 7.97. The summed E-state index contributed by atoms with van der Waals surface area (Å²) in [4.78, 5) is 0. The van der Waals surface area contributed by atoms with E-state index in [1.54, 1.807) is 13.0 Å². The van der Waals surface area contributed by atoms with Gasteiger partial charge in [-0.05, 0) is 54.5 Å². The molecule has 0 aliphatic carbocycles. The van der Waals surface area contributed by atoms with Crippen molar-refractivity contribution in [3.8, 4) is 5.75 Å². The zero-order chi connectivity index (χ0) is 14.3. The fraction of sp³-hybridized carbons (Fsp3) is 0.400. The van der Waals surface area contributed by atoms with Gasteiger partial charge in [0.05, 0.1) is 0 Å². The van der Waals surface area contributed by atoms with Crippen molar-refractivity contribution < 1.29 is 25.8 Å². The fourth-order valence-corrected chi connectivity index (χ4v) is 2.40. The summed E-state index contributed by atoms with van der Waals surface area (Å²) in [6.07, 6.45) is 0. The highest BCUT2D eigenvalue weighted by Gasteiger charge is 2.49. The maximum Gasteiger partial charge on any atom is 0.534 e. The van der Waals surface area contributed by atoms with Gasteiger partial charge in [-0.25, -0.2) is 0 Å². The minimum Gasteiger partial charge on any atom is -0.375 e. The molecule has 0 bridgehead atoms. The van der Waals surface area contributed by atoms with Crippen LogP contribution in [0.3, 0.4) is 0 Å². The van der Waals surface area contributed by atoms with Gasteiger partial charge in [0.2, 0.25) is 0 Å². The van der Waals surface area contributed by atoms with Gasteiger partial charge >= 0.3 is 15.6 Å². The molecule has 0 spiro atoms. The van der Waals surface area contributed by atoms with E-state index in [4.69, 9.17) is 0 Å². The van der Waals surface area contributed by atoms with E-state index in [2.05, 4.69) is 4.18 Å². The zero-order valence-electron chi connectivity index (χ0n) is 9.72. The predicted octanol–water partition coefficient (Wildman–Crippen LogP) is 3.44. The summed E-state index contributed by atoms with van der Waals surface area (Å²) >= 11 is 1.93. The van der Waals surface area contributed by atoms with Gasteiger partial charge < -0.3 is 4.18 Å². The van der Waals surface area contributed by atoms with Crippen LogP contribution >= 0.6 is 22.6 Å². The first kappa shape index (κ1) is 15.5. The van der Waals surface area contributed by atoms with Crippen molar-refractivity contribution in [3.63, 3.8) is 0 Å². The van der Waals surface area contributed by atoms with Crippen molar-refractivity contribution in [3.05, 3.63) is 26.3 Å². The monoisotopic (exact) mass is 394 g/mol. The molecule has 0 fully saturated rings. The lowest BCUT2D eigenvalue weighted by Gasteiger charge is -2.15. The van der Waals surface area contributed by atoms with Crippen LogP contribution in [0.1, 0.15) is 16.7 Å². The molecule has 0 saturated carbocycles. The number of hydrogen-bond donors (Lipinski definition) is 0. The van der Waals surface area contributed by atoms with Crippen molar-refractivity contribution >= 4 is 32.7 Å². The SMILES string of the molecule is Cc1cc(C)c(OS(=O)(=O)C(F)(F)F)c(C)c1I. The third-order valence-corrected chi connectivity index (χ3v) is 4.90. The highest BCUT2D eigenvalue weighted by atomic mass is 127. The minimum absolute atomic E-state index is 0.262. The highest BCUT2D eigenvalue weighted by molar-refractivity contribution is 14.1. The van der Waals surface area contributed by atoms with Gasteiger partial charge in [-0.2, -0.15) is 21.6 Å². The van der Waals surface area contributed by atoms with Crippen LogP contribution in [0.5, 0.6) is 5.75 Å². The van der Waals surface area contributed by atoms with E-state index in [0.29, 0.717) is 14.7 Å². The van der Waals surface area contributed by atoms with Crippen LogP contribution in [0, 0.1) is 24.3 Å². The summed E-state index contributed by atoms with van der Waals surface area (Å²) in [6.45, 7) is 4.80. The molecule has 0 aromatic heterocycles. The smallest absolute Gasteiger partial charge is 0.375 e. The Morgan fingerprint density at radius 1 is 1.17 bits per heavy atom. The maximum atomic E-state index is 12.2. The lowest BCUT2D eigenvalue weighted by molar-refractivity contribution is -0.0500. The van der Waals surface area contributed by atoms with Gasteiger partial charge in [-0.15, -0.1) is 0 Å². The van der Waals surface area contributed by atoms with Crippen molar-refractivity contribution in [2.24, 2.45) is 0 Å². The topological polar surface area (TPSA) is 43.4 Å². The molecule has 18 heavy (non-hydrogen) atoms. The molecule has 0 saturated heterocycles. The molecule has 0 aliphatic rings. The molecule has 1 aromatic rings. The molecule has 1 rings (SSSR count). The lowest BCUT2D eigenvalue weighted by Crippen LogP contribution is -2.28. The quantitative estimate of drug-likeness (QED) is 0.439. The Balaban J connectivity index is 3.35. The molecule has 0 radical (unpaired) electrons. The van der Waals surface area contributed by atoms with Crippen LogP contribution in [0.25, 0.3) is 0 Å². The van der Waals surface area contributed by atoms with Gasteiger partial charge in [0.15, 0.2) is 0 Å². The molecular formula is C10H10F3IO3S. The highest BCUT2D eigenvalue weighted by Crippen LogP contribution is 2.34. The molecule has 3 nitrogen and oxygen atoms in total. The van der Waals surface area contributed by atoms with E-state index in [1.165, 1.54) is 13.8 Å². The molecule has 0 aliphatic heterocycles. The van der Waals surface area contributed by atoms with E-state index < -0.39 is 15.6 Å². The Kier molecular flexibility index (Phi) is 4.21. The van der Waals surface area contributed by atoms with Crippen molar-refractivity contribution in [1.82, 2.24) is 0 Å². The maximum absolute atomic E-state index is 12.2. The largest absolute Gasteiger partial charge is 0.534 e. The predicted molar refractivity (Wildman–Crippen MR) is 69.0 cm³/mol. The van der Waals surface area contributed by atoms with Crippen LogP contribution < -0.4 is 4.18 Å². The Hall–Kier alpha value is -0.510. The third kappa shape index (κ3) is 2.90. The van der Waals surface area contributed by atoms with Gasteiger partial charge in [0.1, 0.15) is 5.75 Å². The normalized spacial score (nSPS) is 12.6. The summed E-state index contributed by atoms with van der Waals surface area (Å²) in [5.41, 5.74) is -3.86. The average Bonchev–Trinajstić information content (AvgIpc) is 2.20. The van der Waals surface area contributed by atoms with Gasteiger partial charge in [-0.3, -0.25) is 0 Å². The van der Waals surface area contributed by atoms with Crippen LogP contribution in [-0.2, 0) is 10.1 Å². The van der Waals surface area contributed by atoms with E-state index in [0.717, 1.165) is 5.56 Å². The van der Waals surface area contributed by atoms with Gasteiger partial charge in [0, 0.05) is 9.13 Å². The molecule has 0 heterocycles. The Bertz CT molecular complexity index is 579. The van der Waals surface area contributed by atoms with Crippen LogP contribution in [0.2, 0.25) is 0 Å². The second-order valence-corrected chi connectivity index (χ2v) is 6.38. The molecule has 0 atom stereocenters. The first-order valence-electron chi connectivity index (χ1n) is 4.74. The van der Waals surface area contributed by atoms with Crippen LogP contribution in [0.4, 0.5) is 13.2 Å². The second kappa shape index (κ2) is 4.87. The molecule has 0 unspecified atom stereocenters. The summed E-state index contributed by atoms with van der Waals surface area (Å²) in [6, 6.07) is 1.58. The Labute approximate surface area is 117 Å². The molecule has 0 N–H and O–H groups in total. The van der Waals surface area contributed by atoms with Crippen LogP contribution in [-0.4, -0.2) is 13.9 Å². The van der Waals surface area contributed by atoms with Crippen molar-refractivity contribution in [2.75, 3.05) is 0 Å². The summed E-state index contributed by atoms with van der Waals surface area (Å²) in [7, 11) is -5.63. The number of alkyl halides is 3. The van der Waals surface area contributed by atoms with E-state index in [9.17, 15) is 21.6 Å². The minimum atomic E-state index is -5.63. The van der Waals surface area contributed by atoms with Gasteiger partial charge in [0.25, 0.3) is 0 Å². The molecule has 102 valence electrons. The zero-order valence-corrected chi connectivity index (χ0v) is 12.7. The number of rotatable bonds is 2. The van der Waals surface area contributed by atoms with Crippen LogP contribution in [0.15, 0.2) is 6.07 Å². The molecule has 8 heteroatoms. The summed E-state index contributed by atoms with van der Waals surface area (Å²) in [5, 5.41) is 0. The second-order valence-electron chi connectivity index (χ2n) is 3.76. The van der Waals surface area contributed by atoms with E-state index in [-0.39, 0.29) is 5.75 Å². The third-order valence-electron chi connectivity index (χ3n) is 2.28. The molecule has 1 aromatic carbocycles. The number of halogens is 4. The van der Waals surface area contributed by atoms with Gasteiger partial charge in [-0.1, -0.05) is 6.07 Å². The first-order valence-corrected chi connectivity index (χ1v) is 7.23. The summed E-state index contributed by atoms with van der Waals surface area (Å²) < 4.78 is 63.6. The number of benzene rings is 1. The van der Waals surface area contributed by atoms with Crippen molar-refractivity contribution in [2.45, 2.75) is 26.3 Å². The number of hydrogen-bond acceptors (Lipinski definition) is 3. The van der Waals surface area contributed by atoms with E-state index >= 15 is 0 Å². The standard InChI is InChI=1S/C10H10F3IO3S/c1-5-4-6(2)9(7(3)8(5)14)17-18(15,16)10(11,12)13/h4H,1-3H3. The Morgan fingerprint density at radius 3 is 2.11 bits per heavy atom. The fourth-order valence-electron chi connectivity index (χ4n) is 1.43. The molecular weight excluding hydrogens is 384 g/mol. The molecule has 0 amide bonds. The van der Waals surface area contributed by atoms with Crippen molar-refractivity contribution in [1.29, 1.82) is 0 Å². The lowest BCUT2D eigenvalue weighted by atomic mass is 10.1. The summed E-state index contributed by atoms with van der Waals surface area (Å²) in [5.74, 6) is -0.262. The average molecular weight is 394 g/mol.